The van der Waals surface area contributed by atoms with Crippen LogP contribution in [-0.2, 0) is 7.05 Å². The Kier molecular flexibility index (Phi) is 3.71. The van der Waals surface area contributed by atoms with Crippen LogP contribution in [0.1, 0.15) is 50.4 Å². The first kappa shape index (κ1) is 13.1. The van der Waals surface area contributed by atoms with Gasteiger partial charge in [0, 0.05) is 25.5 Å². The molecule has 1 atom stereocenters. The molecular formula is C15H22N2O. The highest BCUT2D eigenvalue weighted by Gasteiger charge is 2.13. The van der Waals surface area contributed by atoms with Gasteiger partial charge in [-0.2, -0.15) is 0 Å². The average molecular weight is 246 g/mol. The molecule has 3 nitrogen and oxygen atoms in total. The second-order valence-corrected chi connectivity index (χ2v) is 5.22. The maximum Gasteiger partial charge on any atom is 0.112 e. The van der Waals surface area contributed by atoms with Crippen molar-refractivity contribution in [3.63, 3.8) is 0 Å². The minimum Gasteiger partial charge on any atom is -0.396 e. The summed E-state index contributed by atoms with van der Waals surface area (Å²) in [5, 5.41) is 9.37. The molecule has 0 spiro atoms. The second kappa shape index (κ2) is 5.11. The van der Waals surface area contributed by atoms with Crippen molar-refractivity contribution in [2.45, 2.75) is 39.0 Å². The van der Waals surface area contributed by atoms with Crippen molar-refractivity contribution in [3.8, 4) is 0 Å². The molecule has 98 valence electrons. The average Bonchev–Trinajstić information content (AvgIpc) is 2.68. The van der Waals surface area contributed by atoms with Crippen molar-refractivity contribution in [2.75, 3.05) is 6.61 Å². The first-order valence-electron chi connectivity index (χ1n) is 6.65. The first-order chi connectivity index (χ1) is 8.58. The molecule has 0 fully saturated rings. The molecule has 1 N–H and O–H groups in total. The van der Waals surface area contributed by atoms with E-state index < -0.39 is 0 Å². The molecule has 2 rings (SSSR count). The lowest BCUT2D eigenvalue weighted by atomic mass is 9.97. The van der Waals surface area contributed by atoms with Gasteiger partial charge in [0.1, 0.15) is 5.82 Å². The van der Waals surface area contributed by atoms with E-state index in [9.17, 15) is 5.11 Å². The van der Waals surface area contributed by atoms with Gasteiger partial charge in [-0.05, 0) is 24.1 Å². The Morgan fingerprint density at radius 3 is 2.61 bits per heavy atom. The number of nitrogens with zero attached hydrogens (tertiary/aromatic N) is 2. The van der Waals surface area contributed by atoms with Crippen molar-refractivity contribution in [1.29, 1.82) is 0 Å². The lowest BCUT2D eigenvalue weighted by Crippen LogP contribution is -2.02. The summed E-state index contributed by atoms with van der Waals surface area (Å²) < 4.78 is 2.16. The Morgan fingerprint density at radius 2 is 2.06 bits per heavy atom. The normalized spacial score (nSPS) is 13.4. The number of benzene rings is 1. The summed E-state index contributed by atoms with van der Waals surface area (Å²) in [6.45, 7) is 6.62. The maximum absolute atomic E-state index is 9.37. The van der Waals surface area contributed by atoms with Crippen molar-refractivity contribution in [2.24, 2.45) is 7.05 Å². The van der Waals surface area contributed by atoms with Crippen molar-refractivity contribution < 1.29 is 5.11 Å². The summed E-state index contributed by atoms with van der Waals surface area (Å²) >= 11 is 0. The van der Waals surface area contributed by atoms with E-state index >= 15 is 0 Å². The number of hydrogen-bond acceptors (Lipinski definition) is 2. The van der Waals surface area contributed by atoms with Crippen molar-refractivity contribution in [3.05, 3.63) is 29.6 Å². The lowest BCUT2D eigenvalue weighted by Gasteiger charge is -2.11. The highest BCUT2D eigenvalue weighted by Crippen LogP contribution is 2.25. The number of aliphatic hydroxyl groups is 1. The number of aryl methyl sites for hydroxylation is 1. The molecule has 1 unspecified atom stereocenters. The van der Waals surface area contributed by atoms with Gasteiger partial charge >= 0.3 is 0 Å². The maximum atomic E-state index is 9.37. The largest absolute Gasteiger partial charge is 0.396 e. The van der Waals surface area contributed by atoms with E-state index in [1.807, 2.05) is 0 Å². The molecule has 2 aromatic rings. The Hall–Kier alpha value is -1.35. The van der Waals surface area contributed by atoms with E-state index in [1.165, 1.54) is 5.56 Å². The summed E-state index contributed by atoms with van der Waals surface area (Å²) in [7, 11) is 2.06. The Morgan fingerprint density at radius 1 is 1.33 bits per heavy atom. The summed E-state index contributed by atoms with van der Waals surface area (Å²) in [5.74, 6) is 1.75. The quantitative estimate of drug-likeness (QED) is 0.899. The highest BCUT2D eigenvalue weighted by atomic mass is 16.3. The van der Waals surface area contributed by atoms with E-state index in [4.69, 9.17) is 4.98 Å². The molecule has 0 amide bonds. The predicted molar refractivity (Wildman–Crippen MR) is 74.9 cm³/mol. The number of hydrogen-bond donors (Lipinski definition) is 1. The fraction of sp³-hybridized carbons (Fsp3) is 0.533. The van der Waals surface area contributed by atoms with Gasteiger partial charge in [0.15, 0.2) is 0 Å². The van der Waals surface area contributed by atoms with Crippen LogP contribution >= 0.6 is 0 Å². The number of aromatic nitrogens is 2. The van der Waals surface area contributed by atoms with Crippen molar-refractivity contribution >= 4 is 11.0 Å². The number of rotatable bonds is 4. The second-order valence-electron chi connectivity index (χ2n) is 5.22. The van der Waals surface area contributed by atoms with Crippen molar-refractivity contribution in [1.82, 2.24) is 9.55 Å². The molecule has 18 heavy (non-hydrogen) atoms. The lowest BCUT2D eigenvalue weighted by molar-refractivity contribution is 0.262. The van der Waals surface area contributed by atoms with E-state index in [1.54, 1.807) is 0 Å². The van der Waals surface area contributed by atoms with Crippen LogP contribution in [0.3, 0.4) is 0 Å². The number of aliphatic hydroxyl groups excluding tert-OH is 1. The van der Waals surface area contributed by atoms with Gasteiger partial charge in [0.25, 0.3) is 0 Å². The molecule has 0 aliphatic rings. The van der Waals surface area contributed by atoms with Crippen LogP contribution in [0.25, 0.3) is 11.0 Å². The summed E-state index contributed by atoms with van der Waals surface area (Å²) in [5.41, 5.74) is 3.38. The first-order valence-corrected chi connectivity index (χ1v) is 6.65. The Bertz CT molecular complexity index is 539. The molecule has 0 radical (unpaired) electrons. The van der Waals surface area contributed by atoms with Crippen LogP contribution in [0.2, 0.25) is 0 Å². The summed E-state index contributed by atoms with van der Waals surface area (Å²) in [4.78, 5) is 4.70. The van der Waals surface area contributed by atoms with Crippen LogP contribution in [0, 0.1) is 0 Å². The van der Waals surface area contributed by atoms with Gasteiger partial charge in [0.2, 0.25) is 0 Å². The predicted octanol–water partition coefficient (Wildman–Crippen LogP) is 3.18. The zero-order chi connectivity index (χ0) is 13.3. The SMILES string of the molecule is CCC(CO)c1ccc2c(c1)nc(C(C)C)n2C. The van der Waals surface area contributed by atoms with Crippen LogP contribution < -0.4 is 0 Å². The minimum absolute atomic E-state index is 0.200. The summed E-state index contributed by atoms with van der Waals surface area (Å²) in [6, 6.07) is 6.34. The van der Waals surface area contributed by atoms with Gasteiger partial charge in [-0.25, -0.2) is 4.98 Å². The van der Waals surface area contributed by atoms with Crippen LogP contribution in [0.15, 0.2) is 18.2 Å². The van der Waals surface area contributed by atoms with E-state index in [0.717, 1.165) is 23.3 Å². The third kappa shape index (κ3) is 2.15. The molecule has 0 aliphatic carbocycles. The number of imidazole rings is 1. The molecule has 1 aromatic heterocycles. The van der Waals surface area contributed by atoms with Gasteiger partial charge in [-0.3, -0.25) is 0 Å². The van der Waals surface area contributed by atoms with E-state index in [2.05, 4.69) is 50.6 Å². The van der Waals surface area contributed by atoms with Gasteiger partial charge in [-0.1, -0.05) is 26.8 Å². The van der Waals surface area contributed by atoms with E-state index in [0.29, 0.717) is 5.92 Å². The van der Waals surface area contributed by atoms with Crippen LogP contribution in [0.5, 0.6) is 0 Å². The smallest absolute Gasteiger partial charge is 0.112 e. The number of fused-ring (bicyclic) bond motifs is 1. The molecule has 3 heteroatoms. The van der Waals surface area contributed by atoms with Crippen LogP contribution in [0.4, 0.5) is 0 Å². The van der Waals surface area contributed by atoms with Crippen LogP contribution in [-0.4, -0.2) is 21.3 Å². The van der Waals surface area contributed by atoms with E-state index in [-0.39, 0.29) is 12.5 Å². The fourth-order valence-corrected chi connectivity index (χ4v) is 2.48. The molecule has 1 heterocycles. The Labute approximate surface area is 108 Å². The molecule has 0 saturated heterocycles. The standard InChI is InChI=1S/C15H22N2O/c1-5-11(9-18)12-6-7-14-13(8-12)16-15(10(2)3)17(14)4/h6-8,10-11,18H,5,9H2,1-4H3. The third-order valence-corrected chi connectivity index (χ3v) is 3.64. The molecule has 0 aliphatic heterocycles. The summed E-state index contributed by atoms with van der Waals surface area (Å²) in [6.07, 6.45) is 0.950. The zero-order valence-corrected chi connectivity index (χ0v) is 11.6. The van der Waals surface area contributed by atoms with Gasteiger partial charge < -0.3 is 9.67 Å². The Balaban J connectivity index is 2.52. The molecule has 1 aromatic carbocycles. The monoisotopic (exact) mass is 246 g/mol. The molecular weight excluding hydrogens is 224 g/mol. The molecule has 0 bridgehead atoms. The zero-order valence-electron chi connectivity index (χ0n) is 11.6. The highest BCUT2D eigenvalue weighted by molar-refractivity contribution is 5.77. The minimum atomic E-state index is 0.200. The van der Waals surface area contributed by atoms with Gasteiger partial charge in [-0.15, -0.1) is 0 Å². The molecule has 0 saturated carbocycles. The third-order valence-electron chi connectivity index (χ3n) is 3.64. The fourth-order valence-electron chi connectivity index (χ4n) is 2.48. The van der Waals surface area contributed by atoms with Gasteiger partial charge in [0.05, 0.1) is 11.0 Å². The topological polar surface area (TPSA) is 38.1 Å².